The van der Waals surface area contributed by atoms with Crippen LogP contribution in [0, 0.1) is 22.9 Å². The van der Waals surface area contributed by atoms with Crippen molar-refractivity contribution in [1.29, 1.82) is 0 Å². The second-order valence-electron chi connectivity index (χ2n) is 5.70. The van der Waals surface area contributed by atoms with Gasteiger partial charge in [-0.3, -0.25) is 10.1 Å². The van der Waals surface area contributed by atoms with Gasteiger partial charge in [-0.1, -0.05) is 12.1 Å². The molecule has 0 radical (unpaired) electrons. The van der Waals surface area contributed by atoms with Gasteiger partial charge in [-0.05, 0) is 37.1 Å². The maximum Gasteiger partial charge on any atom is 0.319 e. The van der Waals surface area contributed by atoms with Gasteiger partial charge in [-0.15, -0.1) is 11.8 Å². The number of aryl methyl sites for hydroxylation is 1. The highest BCUT2D eigenvalue weighted by Crippen LogP contribution is 2.37. The molecule has 1 aliphatic rings. The van der Waals surface area contributed by atoms with E-state index >= 15 is 0 Å². The van der Waals surface area contributed by atoms with Crippen LogP contribution in [0.4, 0.5) is 20.6 Å². The average molecular weight is 361 g/mol. The number of hydrogen-bond donors (Lipinski definition) is 2. The molecule has 0 aliphatic carbocycles. The van der Waals surface area contributed by atoms with Gasteiger partial charge < -0.3 is 10.6 Å². The molecule has 0 aromatic heterocycles. The highest BCUT2D eigenvalue weighted by atomic mass is 32.2. The van der Waals surface area contributed by atoms with E-state index in [4.69, 9.17) is 0 Å². The van der Waals surface area contributed by atoms with Crippen LogP contribution in [0.25, 0.3) is 0 Å². The lowest BCUT2D eigenvalue weighted by Gasteiger charge is -2.26. The van der Waals surface area contributed by atoms with Crippen LogP contribution in [0.3, 0.4) is 0 Å². The third-order valence-corrected chi connectivity index (χ3v) is 5.14. The number of nitro benzene ring substituents is 1. The molecule has 1 heterocycles. The summed E-state index contributed by atoms with van der Waals surface area (Å²) in [6.07, 6.45) is 0.702. The Labute approximate surface area is 148 Å². The minimum absolute atomic E-state index is 0.000309. The summed E-state index contributed by atoms with van der Waals surface area (Å²) in [6, 6.07) is 8.53. The van der Waals surface area contributed by atoms with E-state index in [1.165, 1.54) is 30.0 Å². The van der Waals surface area contributed by atoms with Gasteiger partial charge in [0.2, 0.25) is 0 Å². The summed E-state index contributed by atoms with van der Waals surface area (Å²) in [7, 11) is 0. The Bertz CT molecular complexity index is 844. The first-order valence-electron chi connectivity index (χ1n) is 7.69. The molecule has 1 atom stereocenters. The predicted molar refractivity (Wildman–Crippen MR) is 94.5 cm³/mol. The molecular formula is C17H16FN3O3S. The van der Waals surface area contributed by atoms with E-state index in [2.05, 4.69) is 10.6 Å². The van der Waals surface area contributed by atoms with Crippen LogP contribution in [0.15, 0.2) is 41.3 Å². The second-order valence-corrected chi connectivity index (χ2v) is 6.81. The van der Waals surface area contributed by atoms with Crippen LogP contribution in [0.1, 0.15) is 23.6 Å². The van der Waals surface area contributed by atoms with Crippen molar-refractivity contribution >= 4 is 29.2 Å². The first-order chi connectivity index (χ1) is 12.0. The van der Waals surface area contributed by atoms with E-state index in [0.717, 1.165) is 11.3 Å². The number of hydrogen-bond acceptors (Lipinski definition) is 4. The van der Waals surface area contributed by atoms with Crippen LogP contribution >= 0.6 is 11.8 Å². The number of urea groups is 1. The van der Waals surface area contributed by atoms with Gasteiger partial charge in [0.25, 0.3) is 5.69 Å². The fraction of sp³-hybridized carbons (Fsp3) is 0.235. The number of nitrogens with zero attached hydrogens (tertiary/aromatic N) is 1. The summed E-state index contributed by atoms with van der Waals surface area (Å²) in [5.74, 6) is 0.440. The number of fused-ring (bicyclic) bond motifs is 1. The Morgan fingerprint density at radius 2 is 2.16 bits per heavy atom. The monoisotopic (exact) mass is 361 g/mol. The molecule has 8 heteroatoms. The molecule has 3 rings (SSSR count). The van der Waals surface area contributed by atoms with E-state index < -0.39 is 11.0 Å². The topological polar surface area (TPSA) is 84.3 Å². The standard InChI is InChI=1S/C17H16FN3O3S/c1-10-9-11(5-6-15(10)21(23)24)19-17(22)20-14-7-8-25-16-12(14)3-2-4-13(16)18/h2-6,9,14H,7-8H2,1H3,(H2,19,20,22). The van der Waals surface area contributed by atoms with Crippen LogP contribution in [-0.2, 0) is 0 Å². The number of nitro groups is 1. The third-order valence-electron chi connectivity index (χ3n) is 3.98. The number of benzene rings is 2. The number of carbonyl (C=O) groups is 1. The van der Waals surface area contributed by atoms with Crippen molar-refractivity contribution < 1.29 is 14.1 Å². The van der Waals surface area contributed by atoms with E-state index in [1.54, 1.807) is 19.1 Å². The number of nitrogens with one attached hydrogen (secondary N) is 2. The molecule has 1 aliphatic heterocycles. The smallest absolute Gasteiger partial charge is 0.319 e. The molecule has 0 spiro atoms. The van der Waals surface area contributed by atoms with Gasteiger partial charge in [0.05, 0.1) is 11.0 Å². The highest BCUT2D eigenvalue weighted by molar-refractivity contribution is 7.99. The summed E-state index contributed by atoms with van der Waals surface area (Å²) >= 11 is 1.45. The molecule has 0 bridgehead atoms. The summed E-state index contributed by atoms with van der Waals surface area (Å²) in [5.41, 5.74) is 1.69. The number of halogens is 1. The third kappa shape index (κ3) is 3.74. The van der Waals surface area contributed by atoms with Crippen LogP contribution < -0.4 is 10.6 Å². The van der Waals surface area contributed by atoms with Crippen molar-refractivity contribution in [3.05, 3.63) is 63.5 Å². The van der Waals surface area contributed by atoms with E-state index in [0.29, 0.717) is 22.6 Å². The van der Waals surface area contributed by atoms with Gasteiger partial charge in [0, 0.05) is 28.0 Å². The molecular weight excluding hydrogens is 345 g/mol. The normalized spacial score (nSPS) is 16.0. The zero-order valence-electron chi connectivity index (χ0n) is 13.4. The average Bonchev–Trinajstić information content (AvgIpc) is 2.55. The summed E-state index contributed by atoms with van der Waals surface area (Å²) in [4.78, 5) is 23.2. The number of thioether (sulfide) groups is 1. The lowest BCUT2D eigenvalue weighted by atomic mass is 10.0. The van der Waals surface area contributed by atoms with Crippen molar-refractivity contribution in [2.24, 2.45) is 0 Å². The van der Waals surface area contributed by atoms with Crippen molar-refractivity contribution in [3.8, 4) is 0 Å². The number of anilines is 1. The van der Waals surface area contributed by atoms with Crippen LogP contribution in [0.2, 0.25) is 0 Å². The van der Waals surface area contributed by atoms with E-state index in [1.807, 2.05) is 6.07 Å². The lowest BCUT2D eigenvalue weighted by Crippen LogP contribution is -2.34. The molecule has 0 saturated carbocycles. The Balaban J connectivity index is 1.71. The van der Waals surface area contributed by atoms with Gasteiger partial charge in [-0.25, -0.2) is 9.18 Å². The van der Waals surface area contributed by atoms with E-state index in [-0.39, 0.29) is 17.5 Å². The molecule has 130 valence electrons. The molecule has 0 fully saturated rings. The molecule has 6 nitrogen and oxygen atoms in total. The van der Waals surface area contributed by atoms with Gasteiger partial charge in [0.15, 0.2) is 0 Å². The summed E-state index contributed by atoms with van der Waals surface area (Å²) < 4.78 is 13.9. The maximum atomic E-state index is 13.9. The van der Waals surface area contributed by atoms with Gasteiger partial charge >= 0.3 is 6.03 Å². The van der Waals surface area contributed by atoms with Gasteiger partial charge in [0.1, 0.15) is 5.82 Å². The Hall–Kier alpha value is -2.61. The SMILES string of the molecule is Cc1cc(NC(=O)NC2CCSc3c(F)cccc32)ccc1[N+](=O)[O-]. The van der Waals surface area contributed by atoms with Crippen molar-refractivity contribution in [2.75, 3.05) is 11.1 Å². The highest BCUT2D eigenvalue weighted by Gasteiger charge is 2.24. The molecule has 2 amide bonds. The second kappa shape index (κ2) is 7.10. The maximum absolute atomic E-state index is 13.9. The van der Waals surface area contributed by atoms with Gasteiger partial charge in [-0.2, -0.15) is 0 Å². The summed E-state index contributed by atoms with van der Waals surface area (Å²) in [5, 5.41) is 16.3. The van der Waals surface area contributed by atoms with Crippen molar-refractivity contribution in [3.63, 3.8) is 0 Å². The molecule has 2 aromatic rings. The van der Waals surface area contributed by atoms with E-state index in [9.17, 15) is 19.3 Å². The fourth-order valence-electron chi connectivity index (χ4n) is 2.80. The van der Waals surface area contributed by atoms with Crippen LogP contribution in [0.5, 0.6) is 0 Å². The van der Waals surface area contributed by atoms with Crippen molar-refractivity contribution in [1.82, 2.24) is 5.32 Å². The lowest BCUT2D eigenvalue weighted by molar-refractivity contribution is -0.385. The molecule has 2 N–H and O–H groups in total. The molecule has 1 unspecified atom stereocenters. The number of carbonyl (C=O) groups excluding carboxylic acids is 1. The minimum Gasteiger partial charge on any atom is -0.331 e. The first-order valence-corrected chi connectivity index (χ1v) is 8.68. The minimum atomic E-state index is -0.468. The molecule has 2 aromatic carbocycles. The van der Waals surface area contributed by atoms with Crippen LogP contribution in [-0.4, -0.2) is 16.7 Å². The quantitative estimate of drug-likeness (QED) is 0.627. The fourth-order valence-corrected chi connectivity index (χ4v) is 3.94. The first kappa shape index (κ1) is 17.2. The zero-order chi connectivity index (χ0) is 18.0. The van der Waals surface area contributed by atoms with Crippen molar-refractivity contribution in [2.45, 2.75) is 24.3 Å². The number of amides is 2. The largest absolute Gasteiger partial charge is 0.331 e. The molecule has 25 heavy (non-hydrogen) atoms. The Kier molecular flexibility index (Phi) is 4.89. The Morgan fingerprint density at radius 1 is 1.36 bits per heavy atom. The summed E-state index contributed by atoms with van der Waals surface area (Å²) in [6.45, 7) is 1.61. The zero-order valence-corrected chi connectivity index (χ0v) is 14.2. The number of rotatable bonds is 3. The Morgan fingerprint density at radius 3 is 2.88 bits per heavy atom. The predicted octanol–water partition coefficient (Wildman–Crippen LogP) is 4.40. The molecule has 0 saturated heterocycles.